The molecule has 2 aromatic carbocycles. The van der Waals surface area contributed by atoms with Gasteiger partial charge >= 0.3 is 5.97 Å². The number of hydrogen-bond acceptors (Lipinski definition) is 3. The molecule has 0 atom stereocenters. The molecule has 0 heterocycles. The SMILES string of the molecule is Cc1cc(Oc2cccc(C(=O)O)c2N)ccc1Cl. The Bertz CT molecular complexity index is 641. The van der Waals surface area contributed by atoms with Crippen LogP contribution in [0.25, 0.3) is 0 Å². The van der Waals surface area contributed by atoms with Gasteiger partial charge in [0.2, 0.25) is 0 Å². The molecule has 0 radical (unpaired) electrons. The van der Waals surface area contributed by atoms with Gasteiger partial charge in [0, 0.05) is 5.02 Å². The molecule has 4 nitrogen and oxygen atoms in total. The normalized spacial score (nSPS) is 10.2. The Kier molecular flexibility index (Phi) is 3.62. The molecule has 0 saturated heterocycles. The molecule has 0 unspecified atom stereocenters. The van der Waals surface area contributed by atoms with Gasteiger partial charge in [-0.05, 0) is 42.8 Å². The molecule has 2 aromatic rings. The molecule has 0 fully saturated rings. The summed E-state index contributed by atoms with van der Waals surface area (Å²) in [6.07, 6.45) is 0. The summed E-state index contributed by atoms with van der Waals surface area (Å²) in [6, 6.07) is 9.79. The Labute approximate surface area is 115 Å². The number of rotatable bonds is 3. The van der Waals surface area contributed by atoms with E-state index in [4.69, 9.17) is 27.2 Å². The molecule has 19 heavy (non-hydrogen) atoms. The molecular weight excluding hydrogens is 266 g/mol. The number of benzene rings is 2. The molecule has 0 aliphatic heterocycles. The number of nitrogen functional groups attached to an aromatic ring is 1. The largest absolute Gasteiger partial charge is 0.478 e. The summed E-state index contributed by atoms with van der Waals surface area (Å²) >= 11 is 5.92. The topological polar surface area (TPSA) is 72.5 Å². The van der Waals surface area contributed by atoms with E-state index in [0.717, 1.165) is 5.56 Å². The molecule has 0 saturated carbocycles. The number of ether oxygens (including phenoxy) is 1. The predicted octanol–water partition coefficient (Wildman–Crippen LogP) is 3.72. The molecular formula is C14H12ClNO3. The molecule has 0 aliphatic carbocycles. The summed E-state index contributed by atoms with van der Waals surface area (Å²) in [6.45, 7) is 1.85. The van der Waals surface area contributed by atoms with Crippen LogP contribution in [0.4, 0.5) is 5.69 Å². The van der Waals surface area contributed by atoms with E-state index in [-0.39, 0.29) is 11.3 Å². The highest BCUT2D eigenvalue weighted by Crippen LogP contribution is 2.31. The maximum atomic E-state index is 11.0. The summed E-state index contributed by atoms with van der Waals surface area (Å²) in [4.78, 5) is 11.0. The lowest BCUT2D eigenvalue weighted by molar-refractivity contribution is 0.0697. The van der Waals surface area contributed by atoms with Gasteiger partial charge in [-0.25, -0.2) is 4.79 Å². The van der Waals surface area contributed by atoms with Crippen LogP contribution in [0, 0.1) is 6.92 Å². The van der Waals surface area contributed by atoms with E-state index in [1.54, 1.807) is 30.3 Å². The third kappa shape index (κ3) is 2.80. The number of carbonyl (C=O) groups is 1. The van der Waals surface area contributed by atoms with Crippen molar-refractivity contribution in [3.05, 3.63) is 52.5 Å². The van der Waals surface area contributed by atoms with Gasteiger partial charge in [0.25, 0.3) is 0 Å². The molecule has 3 N–H and O–H groups in total. The standard InChI is InChI=1S/C14H12ClNO3/c1-8-7-9(5-6-11(8)15)19-12-4-2-3-10(13(12)16)14(17)18/h2-7H,16H2,1H3,(H,17,18). The zero-order valence-electron chi connectivity index (χ0n) is 10.2. The van der Waals surface area contributed by atoms with Crippen LogP contribution < -0.4 is 10.5 Å². The third-order valence-corrected chi connectivity index (χ3v) is 3.08. The maximum absolute atomic E-state index is 11.0. The monoisotopic (exact) mass is 277 g/mol. The van der Waals surface area contributed by atoms with E-state index < -0.39 is 5.97 Å². The fraction of sp³-hybridized carbons (Fsp3) is 0.0714. The first-order chi connectivity index (χ1) is 8.99. The zero-order chi connectivity index (χ0) is 14.0. The first-order valence-corrected chi connectivity index (χ1v) is 5.92. The predicted molar refractivity (Wildman–Crippen MR) is 74.1 cm³/mol. The number of para-hydroxylation sites is 1. The number of anilines is 1. The smallest absolute Gasteiger partial charge is 0.337 e. The van der Waals surface area contributed by atoms with Crippen molar-refractivity contribution >= 4 is 23.3 Å². The van der Waals surface area contributed by atoms with Gasteiger partial charge < -0.3 is 15.6 Å². The highest BCUT2D eigenvalue weighted by atomic mass is 35.5. The Morgan fingerprint density at radius 1 is 1.32 bits per heavy atom. The number of hydrogen-bond donors (Lipinski definition) is 2. The number of carboxylic acid groups (broad SMARTS) is 1. The minimum Gasteiger partial charge on any atom is -0.478 e. The number of aryl methyl sites for hydroxylation is 1. The first kappa shape index (κ1) is 13.2. The van der Waals surface area contributed by atoms with Crippen LogP contribution >= 0.6 is 11.6 Å². The summed E-state index contributed by atoms with van der Waals surface area (Å²) in [5, 5.41) is 9.62. The lowest BCUT2D eigenvalue weighted by atomic mass is 10.1. The van der Waals surface area contributed by atoms with Crippen molar-refractivity contribution in [2.24, 2.45) is 0 Å². The lowest BCUT2D eigenvalue weighted by Gasteiger charge is -2.11. The van der Waals surface area contributed by atoms with E-state index in [0.29, 0.717) is 16.5 Å². The number of aromatic carboxylic acids is 1. The van der Waals surface area contributed by atoms with Crippen LogP contribution in [0.3, 0.4) is 0 Å². The molecule has 98 valence electrons. The minimum atomic E-state index is -1.09. The summed E-state index contributed by atoms with van der Waals surface area (Å²) in [5.41, 5.74) is 6.75. The summed E-state index contributed by atoms with van der Waals surface area (Å²) in [7, 11) is 0. The Hall–Kier alpha value is -2.20. The van der Waals surface area contributed by atoms with Crippen LogP contribution in [0.1, 0.15) is 15.9 Å². The minimum absolute atomic E-state index is 0.0168. The number of nitrogens with two attached hydrogens (primary N) is 1. The highest BCUT2D eigenvalue weighted by Gasteiger charge is 2.12. The van der Waals surface area contributed by atoms with E-state index >= 15 is 0 Å². The van der Waals surface area contributed by atoms with Crippen LogP contribution in [0.5, 0.6) is 11.5 Å². The van der Waals surface area contributed by atoms with Crippen molar-refractivity contribution in [1.29, 1.82) is 0 Å². The van der Waals surface area contributed by atoms with Gasteiger partial charge in [0.15, 0.2) is 5.75 Å². The van der Waals surface area contributed by atoms with Gasteiger partial charge in [-0.3, -0.25) is 0 Å². The Morgan fingerprint density at radius 2 is 2.05 bits per heavy atom. The second kappa shape index (κ2) is 5.20. The quantitative estimate of drug-likeness (QED) is 0.839. The summed E-state index contributed by atoms with van der Waals surface area (Å²) < 4.78 is 5.59. The van der Waals surface area contributed by atoms with Crippen molar-refractivity contribution in [2.45, 2.75) is 6.92 Å². The molecule has 0 aromatic heterocycles. The molecule has 5 heteroatoms. The first-order valence-electron chi connectivity index (χ1n) is 5.55. The Balaban J connectivity index is 2.35. The van der Waals surface area contributed by atoms with E-state index in [9.17, 15) is 4.79 Å². The summed E-state index contributed by atoms with van der Waals surface area (Å²) in [5.74, 6) is -0.229. The van der Waals surface area contributed by atoms with Gasteiger partial charge in [-0.1, -0.05) is 17.7 Å². The van der Waals surface area contributed by atoms with E-state index in [2.05, 4.69) is 0 Å². The van der Waals surface area contributed by atoms with Crippen LogP contribution in [-0.4, -0.2) is 11.1 Å². The highest BCUT2D eigenvalue weighted by molar-refractivity contribution is 6.31. The van der Waals surface area contributed by atoms with Crippen molar-refractivity contribution in [3.63, 3.8) is 0 Å². The lowest BCUT2D eigenvalue weighted by Crippen LogP contribution is -2.03. The van der Waals surface area contributed by atoms with E-state index in [1.807, 2.05) is 6.92 Å². The van der Waals surface area contributed by atoms with Gasteiger partial charge in [0.1, 0.15) is 5.75 Å². The van der Waals surface area contributed by atoms with E-state index in [1.165, 1.54) is 6.07 Å². The van der Waals surface area contributed by atoms with Gasteiger partial charge in [-0.15, -0.1) is 0 Å². The molecule has 0 amide bonds. The van der Waals surface area contributed by atoms with Crippen molar-refractivity contribution in [2.75, 3.05) is 5.73 Å². The van der Waals surface area contributed by atoms with Gasteiger partial charge in [0.05, 0.1) is 11.3 Å². The molecule has 0 spiro atoms. The molecule has 2 rings (SSSR count). The number of halogens is 1. The average Bonchev–Trinajstić information content (AvgIpc) is 2.36. The van der Waals surface area contributed by atoms with Crippen molar-refractivity contribution in [1.82, 2.24) is 0 Å². The second-order valence-electron chi connectivity index (χ2n) is 4.04. The fourth-order valence-electron chi connectivity index (χ4n) is 1.63. The molecule has 0 aliphatic rings. The average molecular weight is 278 g/mol. The molecule has 0 bridgehead atoms. The second-order valence-corrected chi connectivity index (χ2v) is 4.44. The van der Waals surface area contributed by atoms with Crippen molar-refractivity contribution < 1.29 is 14.6 Å². The third-order valence-electron chi connectivity index (χ3n) is 2.65. The fourth-order valence-corrected chi connectivity index (χ4v) is 1.74. The van der Waals surface area contributed by atoms with Crippen LogP contribution in [0.15, 0.2) is 36.4 Å². The Morgan fingerprint density at radius 3 is 2.68 bits per heavy atom. The zero-order valence-corrected chi connectivity index (χ0v) is 10.9. The van der Waals surface area contributed by atoms with Crippen molar-refractivity contribution in [3.8, 4) is 11.5 Å². The number of carboxylic acids is 1. The van der Waals surface area contributed by atoms with Gasteiger partial charge in [-0.2, -0.15) is 0 Å². The van der Waals surface area contributed by atoms with Crippen LogP contribution in [-0.2, 0) is 0 Å². The van der Waals surface area contributed by atoms with Crippen LogP contribution in [0.2, 0.25) is 5.02 Å². The maximum Gasteiger partial charge on any atom is 0.337 e.